The van der Waals surface area contributed by atoms with Gasteiger partial charge in [0.15, 0.2) is 0 Å². The van der Waals surface area contributed by atoms with Gasteiger partial charge in [-0.2, -0.15) is 5.10 Å². The van der Waals surface area contributed by atoms with Gasteiger partial charge < -0.3 is 10.6 Å². The minimum Gasteiger partial charge on any atom is -0.349 e. The van der Waals surface area contributed by atoms with E-state index in [9.17, 15) is 9.59 Å². The molecular weight excluding hydrogens is 390 g/mol. The topological polar surface area (TPSA) is 79.3 Å². The summed E-state index contributed by atoms with van der Waals surface area (Å²) in [6.45, 7) is 1.88. The van der Waals surface area contributed by atoms with Gasteiger partial charge in [0.1, 0.15) is 0 Å². The Morgan fingerprint density at radius 1 is 1.03 bits per heavy atom. The highest BCUT2D eigenvalue weighted by Gasteiger charge is 2.23. The predicted molar refractivity (Wildman–Crippen MR) is 121 cm³/mol. The van der Waals surface area contributed by atoms with Crippen molar-refractivity contribution in [3.8, 4) is 11.1 Å². The molecule has 1 fully saturated rings. The van der Waals surface area contributed by atoms with Crippen LogP contribution in [0.4, 0.5) is 5.69 Å². The van der Waals surface area contributed by atoms with Crippen molar-refractivity contribution in [2.24, 2.45) is 7.05 Å². The quantitative estimate of drug-likeness (QED) is 0.646. The lowest BCUT2D eigenvalue weighted by molar-refractivity contribution is -0.117. The molecular formula is C24H27N5O2. The number of aryl methyl sites for hydroxylation is 1. The second kappa shape index (κ2) is 9.57. The molecule has 0 bridgehead atoms. The maximum atomic E-state index is 12.7. The van der Waals surface area contributed by atoms with Crippen LogP contribution in [0.15, 0.2) is 67.0 Å². The Bertz CT molecular complexity index is 1040. The van der Waals surface area contributed by atoms with E-state index in [1.807, 2.05) is 54.6 Å². The molecule has 31 heavy (non-hydrogen) atoms. The first kappa shape index (κ1) is 20.8. The molecule has 1 aliphatic heterocycles. The summed E-state index contributed by atoms with van der Waals surface area (Å²) in [5, 5.41) is 10.2. The Morgan fingerprint density at radius 3 is 2.45 bits per heavy atom. The Labute approximate surface area is 182 Å². The van der Waals surface area contributed by atoms with E-state index in [0.29, 0.717) is 12.1 Å². The highest BCUT2D eigenvalue weighted by molar-refractivity contribution is 5.96. The molecule has 1 aromatic heterocycles. The van der Waals surface area contributed by atoms with Crippen molar-refractivity contribution in [2.75, 3.05) is 25.0 Å². The van der Waals surface area contributed by atoms with Crippen LogP contribution in [0.2, 0.25) is 0 Å². The number of hydrogen-bond donors (Lipinski definition) is 2. The molecule has 0 atom stereocenters. The van der Waals surface area contributed by atoms with Gasteiger partial charge in [0, 0.05) is 43.6 Å². The second-order valence-electron chi connectivity index (χ2n) is 7.89. The van der Waals surface area contributed by atoms with Crippen LogP contribution >= 0.6 is 0 Å². The number of rotatable bonds is 6. The number of amides is 2. The number of nitrogens with zero attached hydrogens (tertiary/aromatic N) is 3. The molecule has 3 aromatic rings. The van der Waals surface area contributed by atoms with Crippen molar-refractivity contribution in [3.63, 3.8) is 0 Å². The van der Waals surface area contributed by atoms with E-state index in [0.717, 1.165) is 42.7 Å². The van der Waals surface area contributed by atoms with Crippen molar-refractivity contribution in [2.45, 2.75) is 18.9 Å². The normalized spacial score (nSPS) is 14.9. The van der Waals surface area contributed by atoms with Crippen molar-refractivity contribution in [1.82, 2.24) is 20.0 Å². The Kier molecular flexibility index (Phi) is 6.43. The first-order chi connectivity index (χ1) is 15.1. The molecule has 0 aliphatic carbocycles. The molecule has 0 unspecified atom stereocenters. The fourth-order valence-corrected chi connectivity index (χ4v) is 3.90. The van der Waals surface area contributed by atoms with Gasteiger partial charge in [-0.05, 0) is 24.5 Å². The zero-order chi connectivity index (χ0) is 21.6. The minimum absolute atomic E-state index is 0.0266. The fourth-order valence-electron chi connectivity index (χ4n) is 3.90. The molecule has 2 heterocycles. The van der Waals surface area contributed by atoms with Crippen LogP contribution in [0.25, 0.3) is 11.1 Å². The van der Waals surface area contributed by atoms with Gasteiger partial charge in [-0.15, -0.1) is 0 Å². The van der Waals surface area contributed by atoms with E-state index in [2.05, 4.69) is 20.6 Å². The summed E-state index contributed by atoms with van der Waals surface area (Å²) in [6, 6.07) is 18.0. The molecule has 1 aliphatic rings. The Morgan fingerprint density at radius 2 is 1.74 bits per heavy atom. The van der Waals surface area contributed by atoms with Crippen molar-refractivity contribution < 1.29 is 9.59 Å². The van der Waals surface area contributed by atoms with Crippen molar-refractivity contribution in [3.05, 3.63) is 72.6 Å². The zero-order valence-electron chi connectivity index (χ0n) is 17.6. The monoisotopic (exact) mass is 417 g/mol. The predicted octanol–water partition coefficient (Wildman–Crippen LogP) is 2.92. The number of para-hydroxylation sites is 1. The van der Waals surface area contributed by atoms with Crippen molar-refractivity contribution >= 4 is 17.5 Å². The van der Waals surface area contributed by atoms with E-state index < -0.39 is 0 Å². The van der Waals surface area contributed by atoms with E-state index >= 15 is 0 Å². The summed E-state index contributed by atoms with van der Waals surface area (Å²) in [7, 11) is 1.79. The summed E-state index contributed by atoms with van der Waals surface area (Å²) >= 11 is 0. The largest absolute Gasteiger partial charge is 0.349 e. The van der Waals surface area contributed by atoms with Crippen LogP contribution in [0.1, 0.15) is 23.2 Å². The number of anilines is 1. The average Bonchev–Trinajstić information content (AvgIpc) is 3.22. The molecule has 2 amide bonds. The number of carbonyl (C=O) groups is 2. The molecule has 0 radical (unpaired) electrons. The van der Waals surface area contributed by atoms with Crippen molar-refractivity contribution in [1.29, 1.82) is 0 Å². The first-order valence-electron chi connectivity index (χ1n) is 10.5. The third-order valence-corrected chi connectivity index (χ3v) is 5.54. The number of aromatic nitrogens is 2. The standard InChI is InChI=1S/C24H27N5O2/c1-28-16-19(15-25-28)24(31)26-20-11-13-29(14-12-20)17-23(30)27-22-10-6-5-9-21(22)18-7-3-2-4-8-18/h2-10,15-16,20H,11-14,17H2,1H3,(H,26,31)(H,27,30). The zero-order valence-corrected chi connectivity index (χ0v) is 17.6. The third kappa shape index (κ3) is 5.38. The Balaban J connectivity index is 1.28. The second-order valence-corrected chi connectivity index (χ2v) is 7.89. The summed E-state index contributed by atoms with van der Waals surface area (Å²) in [6.07, 6.45) is 4.92. The smallest absolute Gasteiger partial charge is 0.254 e. The van der Waals surface area contributed by atoms with Crippen LogP contribution < -0.4 is 10.6 Å². The molecule has 7 heteroatoms. The van der Waals surface area contributed by atoms with Crippen LogP contribution in [-0.4, -0.2) is 52.2 Å². The van der Waals surface area contributed by atoms with Crippen LogP contribution in [0.3, 0.4) is 0 Å². The van der Waals surface area contributed by atoms with Gasteiger partial charge in [0.2, 0.25) is 5.91 Å². The van der Waals surface area contributed by atoms with E-state index in [1.165, 1.54) is 0 Å². The molecule has 0 spiro atoms. The lowest BCUT2D eigenvalue weighted by Crippen LogP contribution is -2.46. The lowest BCUT2D eigenvalue weighted by Gasteiger charge is -2.31. The third-order valence-electron chi connectivity index (χ3n) is 5.54. The van der Waals surface area contributed by atoms with E-state index in [4.69, 9.17) is 0 Å². The van der Waals surface area contributed by atoms with Gasteiger partial charge in [0.25, 0.3) is 5.91 Å². The van der Waals surface area contributed by atoms with Gasteiger partial charge in [-0.25, -0.2) is 0 Å². The minimum atomic E-state index is -0.0955. The summed E-state index contributed by atoms with van der Waals surface area (Å²) in [5.74, 6) is -0.122. The molecule has 2 N–H and O–H groups in total. The number of nitrogens with one attached hydrogen (secondary N) is 2. The SMILES string of the molecule is Cn1cc(C(=O)NC2CCN(CC(=O)Nc3ccccc3-c3ccccc3)CC2)cn1. The molecule has 1 saturated heterocycles. The van der Waals surface area contributed by atoms with E-state index in [1.54, 1.807) is 24.1 Å². The van der Waals surface area contributed by atoms with E-state index in [-0.39, 0.29) is 17.9 Å². The van der Waals surface area contributed by atoms with Gasteiger partial charge in [-0.1, -0.05) is 48.5 Å². The van der Waals surface area contributed by atoms with Crippen LogP contribution in [-0.2, 0) is 11.8 Å². The maximum Gasteiger partial charge on any atom is 0.254 e. The van der Waals surface area contributed by atoms with Gasteiger partial charge in [-0.3, -0.25) is 19.2 Å². The fraction of sp³-hybridized carbons (Fsp3) is 0.292. The Hall–Kier alpha value is -3.45. The molecule has 0 saturated carbocycles. The summed E-state index contributed by atoms with van der Waals surface area (Å²) in [5.41, 5.74) is 3.47. The molecule has 2 aromatic carbocycles. The van der Waals surface area contributed by atoms with Crippen LogP contribution in [0, 0.1) is 0 Å². The highest BCUT2D eigenvalue weighted by Crippen LogP contribution is 2.27. The van der Waals surface area contributed by atoms with Gasteiger partial charge >= 0.3 is 0 Å². The number of benzene rings is 2. The number of likely N-dealkylation sites (tertiary alicyclic amines) is 1. The first-order valence-corrected chi connectivity index (χ1v) is 10.5. The number of carbonyl (C=O) groups excluding carboxylic acids is 2. The highest BCUT2D eigenvalue weighted by atomic mass is 16.2. The number of piperidine rings is 1. The summed E-state index contributed by atoms with van der Waals surface area (Å²) in [4.78, 5) is 27.1. The number of hydrogen-bond acceptors (Lipinski definition) is 4. The molecule has 4 rings (SSSR count). The van der Waals surface area contributed by atoms with Crippen LogP contribution in [0.5, 0.6) is 0 Å². The average molecular weight is 418 g/mol. The van der Waals surface area contributed by atoms with Gasteiger partial charge in [0.05, 0.1) is 18.3 Å². The molecule has 160 valence electrons. The maximum absolute atomic E-state index is 12.7. The lowest BCUT2D eigenvalue weighted by atomic mass is 10.0. The molecule has 7 nitrogen and oxygen atoms in total. The summed E-state index contributed by atoms with van der Waals surface area (Å²) < 4.78 is 1.62.